The molecule has 6 nitrogen and oxygen atoms in total. The van der Waals surface area contributed by atoms with Crippen LogP contribution in [-0.4, -0.2) is 36.8 Å². The Bertz CT molecular complexity index is 1490. The van der Waals surface area contributed by atoms with Gasteiger partial charge in [-0.25, -0.2) is 5.43 Å². The molecule has 1 saturated heterocycles. The summed E-state index contributed by atoms with van der Waals surface area (Å²) in [5, 5.41) is 6.45. The minimum absolute atomic E-state index is 0.126. The van der Waals surface area contributed by atoms with Crippen molar-refractivity contribution in [2.45, 2.75) is 18.1 Å². The number of carbonyl (C=O) groups is 1. The van der Waals surface area contributed by atoms with E-state index in [-0.39, 0.29) is 12.5 Å². The highest BCUT2D eigenvalue weighted by Gasteiger charge is 2.18. The fraction of sp³-hybridized carbons (Fsp3) is 0.226. The largest absolute Gasteiger partial charge is 0.490 e. The maximum absolute atomic E-state index is 12.3. The van der Waals surface area contributed by atoms with Gasteiger partial charge in [0.05, 0.1) is 21.9 Å². The van der Waals surface area contributed by atoms with E-state index in [1.54, 1.807) is 6.21 Å². The van der Waals surface area contributed by atoms with Gasteiger partial charge in [0.2, 0.25) is 0 Å². The van der Waals surface area contributed by atoms with Crippen molar-refractivity contribution < 1.29 is 19.0 Å². The molecule has 206 valence electrons. The number of ether oxygens (including phenoxy) is 3. The predicted molar refractivity (Wildman–Crippen MR) is 169 cm³/mol. The second-order valence-electron chi connectivity index (χ2n) is 8.96. The molecule has 0 saturated carbocycles. The predicted octanol–water partition coefficient (Wildman–Crippen LogP) is 7.59. The van der Waals surface area contributed by atoms with E-state index >= 15 is 0 Å². The Labute approximate surface area is 251 Å². The van der Waals surface area contributed by atoms with Crippen molar-refractivity contribution in [1.82, 2.24) is 5.43 Å². The molecule has 1 fully saturated rings. The van der Waals surface area contributed by atoms with Gasteiger partial charge in [0, 0.05) is 11.5 Å². The van der Waals surface area contributed by atoms with Crippen molar-refractivity contribution in [1.29, 1.82) is 0 Å². The van der Waals surface area contributed by atoms with Gasteiger partial charge < -0.3 is 14.2 Å². The summed E-state index contributed by atoms with van der Waals surface area (Å²) in [4.78, 5) is 12.3. The third kappa shape index (κ3) is 7.53. The van der Waals surface area contributed by atoms with Crippen LogP contribution in [0.4, 0.5) is 0 Å². The van der Waals surface area contributed by atoms with Crippen LogP contribution >= 0.6 is 39.5 Å². The highest BCUT2D eigenvalue weighted by Crippen LogP contribution is 2.45. The van der Waals surface area contributed by atoms with Crippen LogP contribution in [0.15, 0.2) is 88.4 Å². The molecule has 1 N–H and O–H groups in total. The van der Waals surface area contributed by atoms with E-state index in [0.29, 0.717) is 35.0 Å². The third-order valence-electron chi connectivity index (χ3n) is 6.08. The molecule has 1 amide bonds. The van der Waals surface area contributed by atoms with E-state index in [9.17, 15) is 4.79 Å². The summed E-state index contributed by atoms with van der Waals surface area (Å²) in [6.45, 7) is 2.67. The van der Waals surface area contributed by atoms with Crippen LogP contribution in [-0.2, 0) is 11.4 Å². The number of benzene rings is 4. The van der Waals surface area contributed by atoms with E-state index in [2.05, 4.69) is 68.9 Å². The second-order valence-corrected chi connectivity index (χ2v) is 12.5. The van der Waals surface area contributed by atoms with Gasteiger partial charge in [0.1, 0.15) is 12.4 Å². The van der Waals surface area contributed by atoms with Gasteiger partial charge in [0.25, 0.3) is 5.91 Å². The number of hydrazone groups is 1. The molecular formula is C31H29BrN2O4S2. The molecule has 9 heteroatoms. The van der Waals surface area contributed by atoms with Gasteiger partial charge in [-0.15, -0.1) is 23.5 Å². The number of fused-ring (bicyclic) bond motifs is 1. The molecule has 0 unspecified atom stereocenters. The number of nitrogens with one attached hydrogen (secondary N) is 1. The van der Waals surface area contributed by atoms with Crippen molar-refractivity contribution >= 4 is 62.3 Å². The average molecular weight is 638 g/mol. The molecule has 4 aromatic rings. The van der Waals surface area contributed by atoms with Crippen molar-refractivity contribution in [3.8, 4) is 17.2 Å². The molecule has 1 heterocycles. The summed E-state index contributed by atoms with van der Waals surface area (Å²) in [5.74, 6) is 3.87. The number of nitrogens with zero attached hydrogens (tertiary/aromatic N) is 1. The summed E-state index contributed by atoms with van der Waals surface area (Å²) in [7, 11) is 0. The summed E-state index contributed by atoms with van der Waals surface area (Å²) in [6.07, 6.45) is 1.56. The number of halogens is 1. The number of hydrogen-bond donors (Lipinski definition) is 1. The molecule has 0 aromatic heterocycles. The van der Waals surface area contributed by atoms with Gasteiger partial charge in [-0.1, -0.05) is 48.5 Å². The Morgan fingerprint density at radius 3 is 2.52 bits per heavy atom. The average Bonchev–Trinajstić information content (AvgIpc) is 3.51. The van der Waals surface area contributed by atoms with Crippen molar-refractivity contribution in [2.75, 3.05) is 24.7 Å². The lowest BCUT2D eigenvalue weighted by atomic mass is 10.1. The molecule has 0 spiro atoms. The first kappa shape index (κ1) is 28.4. The minimum Gasteiger partial charge on any atom is -0.490 e. The van der Waals surface area contributed by atoms with Gasteiger partial charge in [-0.2, -0.15) is 5.10 Å². The highest BCUT2D eigenvalue weighted by molar-refractivity contribution is 9.10. The lowest BCUT2D eigenvalue weighted by Gasteiger charge is -2.15. The molecule has 4 aromatic carbocycles. The standard InChI is InChI=1S/C31H29BrN2O4S2/c1-2-36-28-17-22(16-27(32)30(28)38-19-21-7-8-23-5-3-4-6-25(23)15-21)18-33-34-29(35)20-37-26-11-9-24(10-12-26)31-39-13-14-40-31/h3-12,15-18,31H,2,13-14,19-20H2,1H3,(H,34,35)/b33-18-. The van der Waals surface area contributed by atoms with E-state index in [0.717, 1.165) is 15.6 Å². The number of thioether (sulfide) groups is 2. The Hall–Kier alpha value is -3.14. The normalized spacial score (nSPS) is 13.6. The summed E-state index contributed by atoms with van der Waals surface area (Å²) < 4.78 is 18.8. The topological polar surface area (TPSA) is 69.2 Å². The number of rotatable bonds is 11. The molecule has 0 aliphatic carbocycles. The fourth-order valence-corrected chi connectivity index (χ4v) is 7.62. The maximum atomic E-state index is 12.3. The fourth-order valence-electron chi connectivity index (χ4n) is 4.18. The molecule has 0 bridgehead atoms. The Kier molecular flexibility index (Phi) is 9.91. The van der Waals surface area contributed by atoms with Crippen LogP contribution in [0.1, 0.15) is 28.2 Å². The SMILES string of the molecule is CCOc1cc(/C=N\NC(=O)COc2ccc(C3SCCS3)cc2)cc(Br)c1OCc1ccc2ccccc2c1. The van der Waals surface area contributed by atoms with E-state index in [1.807, 2.05) is 66.8 Å². The van der Waals surface area contributed by atoms with Gasteiger partial charge >= 0.3 is 0 Å². The van der Waals surface area contributed by atoms with Crippen molar-refractivity contribution in [2.24, 2.45) is 5.10 Å². The first-order chi connectivity index (χ1) is 19.6. The second kappa shape index (κ2) is 14.0. The van der Waals surface area contributed by atoms with Crippen LogP contribution in [0.25, 0.3) is 10.8 Å². The zero-order valence-corrected chi connectivity index (χ0v) is 25.2. The van der Waals surface area contributed by atoms with Crippen molar-refractivity contribution in [3.05, 3.63) is 100 Å². The smallest absolute Gasteiger partial charge is 0.277 e. The van der Waals surface area contributed by atoms with Gasteiger partial charge in [-0.3, -0.25) is 4.79 Å². The van der Waals surface area contributed by atoms with Gasteiger partial charge in [-0.05, 0) is 80.6 Å². The zero-order valence-electron chi connectivity index (χ0n) is 22.0. The summed E-state index contributed by atoms with van der Waals surface area (Å²) >= 11 is 7.52. The maximum Gasteiger partial charge on any atom is 0.277 e. The molecular weight excluding hydrogens is 608 g/mol. The van der Waals surface area contributed by atoms with Crippen LogP contribution in [0.2, 0.25) is 0 Å². The third-order valence-corrected chi connectivity index (χ3v) is 9.77. The lowest BCUT2D eigenvalue weighted by molar-refractivity contribution is -0.123. The Morgan fingerprint density at radius 2 is 1.75 bits per heavy atom. The van der Waals surface area contributed by atoms with E-state index in [4.69, 9.17) is 14.2 Å². The molecule has 1 aliphatic rings. The van der Waals surface area contributed by atoms with Crippen molar-refractivity contribution in [3.63, 3.8) is 0 Å². The first-order valence-corrected chi connectivity index (χ1v) is 15.8. The van der Waals surface area contributed by atoms with Crippen LogP contribution in [0.5, 0.6) is 17.2 Å². The number of amides is 1. The highest BCUT2D eigenvalue weighted by atomic mass is 79.9. The summed E-state index contributed by atoms with van der Waals surface area (Å²) in [6, 6.07) is 26.2. The van der Waals surface area contributed by atoms with E-state index in [1.165, 1.54) is 27.8 Å². The monoisotopic (exact) mass is 636 g/mol. The van der Waals surface area contributed by atoms with Crippen LogP contribution in [0, 0.1) is 0 Å². The quantitative estimate of drug-likeness (QED) is 0.135. The number of hydrogen-bond acceptors (Lipinski definition) is 7. The summed E-state index contributed by atoms with van der Waals surface area (Å²) in [5.41, 5.74) is 5.60. The first-order valence-electron chi connectivity index (χ1n) is 12.9. The minimum atomic E-state index is -0.346. The number of carbonyl (C=O) groups excluding carboxylic acids is 1. The Morgan fingerprint density at radius 1 is 0.975 bits per heavy atom. The molecule has 0 atom stereocenters. The molecule has 0 radical (unpaired) electrons. The van der Waals surface area contributed by atoms with Gasteiger partial charge in [0.15, 0.2) is 18.1 Å². The lowest BCUT2D eigenvalue weighted by Crippen LogP contribution is -2.24. The Balaban J connectivity index is 1.16. The van der Waals surface area contributed by atoms with Crippen LogP contribution in [0.3, 0.4) is 0 Å². The van der Waals surface area contributed by atoms with E-state index < -0.39 is 0 Å². The molecule has 5 rings (SSSR count). The van der Waals surface area contributed by atoms with Crippen LogP contribution < -0.4 is 19.6 Å². The molecule has 1 aliphatic heterocycles. The molecule has 40 heavy (non-hydrogen) atoms. The zero-order chi connectivity index (χ0) is 27.7.